The zero-order valence-electron chi connectivity index (χ0n) is 10.6. The van der Waals surface area contributed by atoms with Gasteiger partial charge in [0, 0.05) is 24.0 Å². The molecule has 1 aromatic heterocycles. The van der Waals surface area contributed by atoms with Gasteiger partial charge >= 0.3 is 0 Å². The second-order valence-corrected chi connectivity index (χ2v) is 4.47. The molecule has 1 unspecified atom stereocenters. The molecule has 0 saturated heterocycles. The van der Waals surface area contributed by atoms with Gasteiger partial charge in [-0.05, 0) is 25.6 Å². The number of hydrogen-bond donors (Lipinski definition) is 1. The van der Waals surface area contributed by atoms with E-state index in [2.05, 4.69) is 22.3 Å². The SMILES string of the molecule is CCn1ncnc1CC(NC)c1ccccc1Cl. The van der Waals surface area contributed by atoms with Gasteiger partial charge in [0.05, 0.1) is 0 Å². The van der Waals surface area contributed by atoms with Gasteiger partial charge in [0.25, 0.3) is 0 Å². The molecule has 0 spiro atoms. The average molecular weight is 265 g/mol. The van der Waals surface area contributed by atoms with Crippen LogP contribution in [-0.2, 0) is 13.0 Å². The lowest BCUT2D eigenvalue weighted by atomic mass is 10.0. The van der Waals surface area contributed by atoms with E-state index in [9.17, 15) is 0 Å². The minimum atomic E-state index is 0.146. The van der Waals surface area contributed by atoms with Crippen molar-refractivity contribution in [3.05, 3.63) is 47.0 Å². The fourth-order valence-electron chi connectivity index (χ4n) is 2.02. The largest absolute Gasteiger partial charge is 0.313 e. The Morgan fingerprint density at radius 1 is 1.39 bits per heavy atom. The number of halogens is 1. The van der Waals surface area contributed by atoms with E-state index in [-0.39, 0.29) is 6.04 Å². The highest BCUT2D eigenvalue weighted by molar-refractivity contribution is 6.31. The van der Waals surface area contributed by atoms with Crippen LogP contribution in [0.3, 0.4) is 0 Å². The summed E-state index contributed by atoms with van der Waals surface area (Å²) in [5.74, 6) is 0.969. The quantitative estimate of drug-likeness (QED) is 0.902. The summed E-state index contributed by atoms with van der Waals surface area (Å²) in [6, 6.07) is 8.03. The molecule has 1 atom stereocenters. The molecule has 0 aliphatic heterocycles. The zero-order valence-corrected chi connectivity index (χ0v) is 11.4. The number of benzene rings is 1. The summed E-state index contributed by atoms with van der Waals surface area (Å²) >= 11 is 6.23. The minimum Gasteiger partial charge on any atom is -0.313 e. The van der Waals surface area contributed by atoms with Gasteiger partial charge < -0.3 is 5.32 Å². The van der Waals surface area contributed by atoms with E-state index in [1.807, 2.05) is 36.0 Å². The fraction of sp³-hybridized carbons (Fsp3) is 0.385. The first-order valence-corrected chi connectivity index (χ1v) is 6.42. The summed E-state index contributed by atoms with van der Waals surface area (Å²) in [6.45, 7) is 2.89. The van der Waals surface area contributed by atoms with Crippen molar-refractivity contribution >= 4 is 11.6 Å². The number of aryl methyl sites for hydroxylation is 1. The number of likely N-dealkylation sites (N-methyl/N-ethyl adjacent to an activating group) is 1. The van der Waals surface area contributed by atoms with Gasteiger partial charge in [-0.2, -0.15) is 5.10 Å². The molecule has 4 nitrogen and oxygen atoms in total. The maximum Gasteiger partial charge on any atom is 0.138 e. The number of hydrogen-bond acceptors (Lipinski definition) is 3. The van der Waals surface area contributed by atoms with E-state index in [1.165, 1.54) is 0 Å². The lowest BCUT2D eigenvalue weighted by molar-refractivity contribution is 0.534. The zero-order chi connectivity index (χ0) is 13.0. The van der Waals surface area contributed by atoms with Gasteiger partial charge in [-0.15, -0.1) is 0 Å². The number of nitrogens with one attached hydrogen (secondary N) is 1. The first-order chi connectivity index (χ1) is 8.76. The van der Waals surface area contributed by atoms with Crippen molar-refractivity contribution in [2.75, 3.05) is 7.05 Å². The molecule has 2 aromatic rings. The lowest BCUT2D eigenvalue weighted by Crippen LogP contribution is -2.21. The Balaban J connectivity index is 2.23. The maximum atomic E-state index is 6.23. The molecule has 0 aliphatic carbocycles. The van der Waals surface area contributed by atoms with Crippen LogP contribution in [0.25, 0.3) is 0 Å². The van der Waals surface area contributed by atoms with Crippen LogP contribution in [0, 0.1) is 0 Å². The van der Waals surface area contributed by atoms with E-state index in [0.29, 0.717) is 0 Å². The molecule has 0 amide bonds. The molecule has 1 aromatic carbocycles. The molecule has 2 rings (SSSR count). The molecule has 1 N–H and O–H groups in total. The smallest absolute Gasteiger partial charge is 0.138 e. The average Bonchev–Trinajstić information content (AvgIpc) is 2.84. The first kappa shape index (κ1) is 13.1. The third kappa shape index (κ3) is 2.71. The van der Waals surface area contributed by atoms with E-state index in [0.717, 1.165) is 29.4 Å². The summed E-state index contributed by atoms with van der Waals surface area (Å²) in [6.07, 6.45) is 2.37. The summed E-state index contributed by atoms with van der Waals surface area (Å²) in [5, 5.41) is 8.24. The Kier molecular flexibility index (Phi) is 4.33. The summed E-state index contributed by atoms with van der Waals surface area (Å²) in [5.41, 5.74) is 1.09. The van der Waals surface area contributed by atoms with Crippen molar-refractivity contribution in [3.63, 3.8) is 0 Å². The predicted octanol–water partition coefficient (Wildman–Crippen LogP) is 2.45. The van der Waals surface area contributed by atoms with Gasteiger partial charge in [-0.3, -0.25) is 4.68 Å². The van der Waals surface area contributed by atoms with Crippen LogP contribution in [0.1, 0.15) is 24.4 Å². The molecule has 1 heterocycles. The van der Waals surface area contributed by atoms with Crippen LogP contribution in [0.15, 0.2) is 30.6 Å². The molecule has 18 heavy (non-hydrogen) atoms. The Morgan fingerprint density at radius 3 is 2.83 bits per heavy atom. The monoisotopic (exact) mass is 264 g/mol. The van der Waals surface area contributed by atoms with Crippen LogP contribution in [0.5, 0.6) is 0 Å². The van der Waals surface area contributed by atoms with Crippen LogP contribution in [0.4, 0.5) is 0 Å². The number of nitrogens with zero attached hydrogens (tertiary/aromatic N) is 3. The Morgan fingerprint density at radius 2 is 2.17 bits per heavy atom. The Hall–Kier alpha value is -1.39. The molecule has 96 valence electrons. The molecule has 0 fully saturated rings. The van der Waals surface area contributed by atoms with Gasteiger partial charge in [-0.1, -0.05) is 29.8 Å². The van der Waals surface area contributed by atoms with Crippen LogP contribution >= 0.6 is 11.6 Å². The predicted molar refractivity (Wildman–Crippen MR) is 72.7 cm³/mol. The van der Waals surface area contributed by atoms with Crippen molar-refractivity contribution in [1.82, 2.24) is 20.1 Å². The minimum absolute atomic E-state index is 0.146. The van der Waals surface area contributed by atoms with Crippen molar-refractivity contribution < 1.29 is 0 Å². The highest BCUT2D eigenvalue weighted by Crippen LogP contribution is 2.24. The Labute approximate surface area is 112 Å². The van der Waals surface area contributed by atoms with E-state index in [4.69, 9.17) is 11.6 Å². The third-order valence-electron chi connectivity index (χ3n) is 3.01. The van der Waals surface area contributed by atoms with Gasteiger partial charge in [0.15, 0.2) is 0 Å². The number of rotatable bonds is 5. The van der Waals surface area contributed by atoms with Gasteiger partial charge in [0.1, 0.15) is 12.2 Å². The van der Waals surface area contributed by atoms with E-state index in [1.54, 1.807) is 6.33 Å². The topological polar surface area (TPSA) is 42.7 Å². The summed E-state index contributed by atoms with van der Waals surface area (Å²) < 4.78 is 1.90. The highest BCUT2D eigenvalue weighted by Gasteiger charge is 2.16. The molecular formula is C13H17ClN4. The molecule has 0 aliphatic rings. The lowest BCUT2D eigenvalue weighted by Gasteiger charge is -2.17. The normalized spacial score (nSPS) is 12.6. The second-order valence-electron chi connectivity index (χ2n) is 4.06. The third-order valence-corrected chi connectivity index (χ3v) is 3.36. The van der Waals surface area contributed by atoms with Crippen molar-refractivity contribution in [1.29, 1.82) is 0 Å². The summed E-state index contributed by atoms with van der Waals surface area (Å²) in [7, 11) is 1.93. The highest BCUT2D eigenvalue weighted by atomic mass is 35.5. The second kappa shape index (κ2) is 5.98. The number of aromatic nitrogens is 3. The summed E-state index contributed by atoms with van der Waals surface area (Å²) in [4.78, 5) is 4.30. The Bertz CT molecular complexity index is 509. The van der Waals surface area contributed by atoms with Crippen LogP contribution < -0.4 is 5.32 Å². The fourth-order valence-corrected chi connectivity index (χ4v) is 2.29. The van der Waals surface area contributed by atoms with Crippen molar-refractivity contribution in [2.24, 2.45) is 0 Å². The molecule has 0 radical (unpaired) electrons. The van der Waals surface area contributed by atoms with Crippen LogP contribution in [0.2, 0.25) is 5.02 Å². The van der Waals surface area contributed by atoms with Crippen molar-refractivity contribution in [3.8, 4) is 0 Å². The molecule has 0 bridgehead atoms. The van der Waals surface area contributed by atoms with E-state index >= 15 is 0 Å². The molecular weight excluding hydrogens is 248 g/mol. The van der Waals surface area contributed by atoms with E-state index < -0.39 is 0 Å². The van der Waals surface area contributed by atoms with Crippen LogP contribution in [-0.4, -0.2) is 21.8 Å². The molecule has 5 heteroatoms. The van der Waals surface area contributed by atoms with Gasteiger partial charge in [0.2, 0.25) is 0 Å². The maximum absolute atomic E-state index is 6.23. The standard InChI is InChI=1S/C13H17ClN4/c1-3-18-13(16-9-17-18)8-12(15-2)10-6-4-5-7-11(10)14/h4-7,9,12,15H,3,8H2,1-2H3. The van der Waals surface area contributed by atoms with Gasteiger partial charge in [-0.25, -0.2) is 4.98 Å². The molecule has 0 saturated carbocycles. The first-order valence-electron chi connectivity index (χ1n) is 6.04. The van der Waals surface area contributed by atoms with Crippen molar-refractivity contribution in [2.45, 2.75) is 25.9 Å².